The predicted molar refractivity (Wildman–Crippen MR) is 77.1 cm³/mol. The highest BCUT2D eigenvalue weighted by molar-refractivity contribution is 6.33. The summed E-state index contributed by atoms with van der Waals surface area (Å²) in [5, 5.41) is -0.743. The summed E-state index contributed by atoms with van der Waals surface area (Å²) in [4.78, 5) is 0. The van der Waals surface area contributed by atoms with Crippen molar-refractivity contribution in [3.8, 4) is 5.75 Å². The molecule has 0 N–H and O–H groups in total. The molecule has 2 aromatic carbocycles. The van der Waals surface area contributed by atoms with Crippen LogP contribution in [-0.4, -0.2) is 7.11 Å². The van der Waals surface area contributed by atoms with Crippen LogP contribution in [0.1, 0.15) is 22.1 Å². The first-order valence-electron chi connectivity index (χ1n) is 5.98. The molecule has 0 heterocycles. The fourth-order valence-corrected chi connectivity index (χ4v) is 2.70. The monoisotopic (exact) mass is 334 g/mol. The maximum absolute atomic E-state index is 13.0. The molecular weight excluding hydrogens is 324 g/mol. The van der Waals surface area contributed by atoms with Gasteiger partial charge in [0.15, 0.2) is 0 Å². The van der Waals surface area contributed by atoms with Crippen molar-refractivity contribution < 1.29 is 17.9 Å². The van der Waals surface area contributed by atoms with Crippen molar-refractivity contribution in [3.63, 3.8) is 0 Å². The van der Waals surface area contributed by atoms with Gasteiger partial charge in [-0.25, -0.2) is 0 Å². The highest BCUT2D eigenvalue weighted by Crippen LogP contribution is 2.41. The summed E-state index contributed by atoms with van der Waals surface area (Å²) < 4.78 is 44.1. The van der Waals surface area contributed by atoms with Crippen LogP contribution in [0.25, 0.3) is 0 Å². The Balaban J connectivity index is 2.48. The van der Waals surface area contributed by atoms with E-state index < -0.39 is 17.1 Å². The number of hydrogen-bond acceptors (Lipinski definition) is 1. The number of hydrogen-bond donors (Lipinski definition) is 0. The lowest BCUT2D eigenvalue weighted by molar-refractivity contribution is -0.138. The van der Waals surface area contributed by atoms with Crippen LogP contribution in [0.4, 0.5) is 13.2 Å². The zero-order valence-corrected chi connectivity index (χ0v) is 12.4. The van der Waals surface area contributed by atoms with E-state index in [2.05, 4.69) is 0 Å². The molecule has 0 saturated heterocycles. The third-order valence-electron chi connectivity index (χ3n) is 3.02. The lowest BCUT2D eigenvalue weighted by atomic mass is 9.98. The molecule has 0 amide bonds. The Labute approximate surface area is 130 Å². The number of ether oxygens (including phenoxy) is 1. The Hall–Kier alpha value is -1.39. The van der Waals surface area contributed by atoms with Crippen LogP contribution in [0.5, 0.6) is 5.75 Å². The van der Waals surface area contributed by atoms with Gasteiger partial charge in [0.1, 0.15) is 5.75 Å². The van der Waals surface area contributed by atoms with Gasteiger partial charge in [-0.2, -0.15) is 13.2 Å². The van der Waals surface area contributed by atoms with Gasteiger partial charge < -0.3 is 4.74 Å². The Kier molecular flexibility index (Phi) is 4.69. The van der Waals surface area contributed by atoms with E-state index in [0.717, 1.165) is 6.07 Å². The second-order valence-corrected chi connectivity index (χ2v) is 5.18. The molecule has 0 aliphatic carbocycles. The minimum atomic E-state index is -4.47. The van der Waals surface area contributed by atoms with Gasteiger partial charge >= 0.3 is 6.18 Å². The van der Waals surface area contributed by atoms with Crippen LogP contribution < -0.4 is 4.74 Å². The minimum Gasteiger partial charge on any atom is -0.497 e. The topological polar surface area (TPSA) is 9.23 Å². The van der Waals surface area contributed by atoms with Crippen molar-refractivity contribution in [3.05, 3.63) is 64.2 Å². The summed E-state index contributed by atoms with van der Waals surface area (Å²) in [6.07, 6.45) is -4.47. The summed E-state index contributed by atoms with van der Waals surface area (Å²) in [5.41, 5.74) is -0.397. The van der Waals surface area contributed by atoms with E-state index in [1.807, 2.05) is 0 Å². The molecule has 0 fully saturated rings. The first-order valence-corrected chi connectivity index (χ1v) is 6.79. The summed E-state index contributed by atoms with van der Waals surface area (Å²) in [7, 11) is 1.47. The predicted octanol–water partition coefficient (Wildman–Crippen LogP) is 5.70. The molecule has 2 rings (SSSR count). The highest BCUT2D eigenvalue weighted by Gasteiger charge is 2.35. The van der Waals surface area contributed by atoms with Crippen LogP contribution in [-0.2, 0) is 6.18 Å². The lowest BCUT2D eigenvalue weighted by Gasteiger charge is -2.18. The molecule has 1 atom stereocenters. The van der Waals surface area contributed by atoms with Gasteiger partial charge in [0.25, 0.3) is 0 Å². The molecule has 112 valence electrons. The van der Waals surface area contributed by atoms with Gasteiger partial charge in [0.05, 0.1) is 18.1 Å². The summed E-state index contributed by atoms with van der Waals surface area (Å²) >= 11 is 12.3. The Bertz CT molecular complexity index is 641. The standard InChI is InChI=1S/C15H11Cl2F3O/c1-21-9-6-7-11(13(16)8-9)14(17)10-4-2-3-5-12(10)15(18,19)20/h2-8,14H,1H3. The van der Waals surface area contributed by atoms with E-state index in [1.54, 1.807) is 12.1 Å². The molecule has 2 aromatic rings. The maximum atomic E-state index is 13.0. The Morgan fingerprint density at radius 3 is 2.29 bits per heavy atom. The molecule has 0 aromatic heterocycles. The molecule has 0 aliphatic rings. The third kappa shape index (κ3) is 3.44. The molecule has 21 heavy (non-hydrogen) atoms. The zero-order chi connectivity index (χ0) is 15.6. The van der Waals surface area contributed by atoms with E-state index in [0.29, 0.717) is 11.3 Å². The fraction of sp³-hybridized carbons (Fsp3) is 0.200. The van der Waals surface area contributed by atoms with Crippen molar-refractivity contribution in [1.29, 1.82) is 0 Å². The SMILES string of the molecule is COc1ccc(C(Cl)c2ccccc2C(F)(F)F)c(Cl)c1. The fourth-order valence-electron chi connectivity index (χ4n) is 1.98. The Morgan fingerprint density at radius 2 is 1.71 bits per heavy atom. The quantitative estimate of drug-likeness (QED) is 0.654. The smallest absolute Gasteiger partial charge is 0.416 e. The number of benzene rings is 2. The maximum Gasteiger partial charge on any atom is 0.416 e. The average molecular weight is 335 g/mol. The normalized spacial score (nSPS) is 13.0. The molecular formula is C15H11Cl2F3O. The largest absolute Gasteiger partial charge is 0.497 e. The molecule has 1 nitrogen and oxygen atoms in total. The third-order valence-corrected chi connectivity index (χ3v) is 3.82. The van der Waals surface area contributed by atoms with Crippen LogP contribution in [0.2, 0.25) is 5.02 Å². The first-order chi connectivity index (χ1) is 9.84. The molecule has 0 aliphatic heterocycles. The average Bonchev–Trinajstić information content (AvgIpc) is 2.45. The highest BCUT2D eigenvalue weighted by atomic mass is 35.5. The summed E-state index contributed by atoms with van der Waals surface area (Å²) in [6, 6.07) is 9.87. The molecule has 6 heteroatoms. The van der Waals surface area contributed by atoms with Gasteiger partial charge in [-0.3, -0.25) is 0 Å². The van der Waals surface area contributed by atoms with Crippen molar-refractivity contribution in [1.82, 2.24) is 0 Å². The van der Waals surface area contributed by atoms with Crippen LogP contribution >= 0.6 is 23.2 Å². The van der Waals surface area contributed by atoms with Gasteiger partial charge in [-0.05, 0) is 29.3 Å². The van der Waals surface area contributed by atoms with E-state index in [1.165, 1.54) is 31.4 Å². The molecule has 0 saturated carbocycles. The van der Waals surface area contributed by atoms with Crippen LogP contribution in [0, 0.1) is 0 Å². The Morgan fingerprint density at radius 1 is 1.05 bits per heavy atom. The van der Waals surface area contributed by atoms with Gasteiger partial charge in [0, 0.05) is 5.02 Å². The lowest BCUT2D eigenvalue weighted by Crippen LogP contribution is -2.10. The number of alkyl halides is 4. The zero-order valence-electron chi connectivity index (χ0n) is 10.9. The van der Waals surface area contributed by atoms with Crippen LogP contribution in [0.3, 0.4) is 0 Å². The molecule has 1 unspecified atom stereocenters. The second-order valence-electron chi connectivity index (χ2n) is 4.34. The van der Waals surface area contributed by atoms with Gasteiger partial charge in [-0.15, -0.1) is 11.6 Å². The number of rotatable bonds is 3. The van der Waals surface area contributed by atoms with Crippen molar-refractivity contribution in [2.24, 2.45) is 0 Å². The van der Waals surface area contributed by atoms with E-state index in [9.17, 15) is 13.2 Å². The van der Waals surface area contributed by atoms with Crippen molar-refractivity contribution in [2.45, 2.75) is 11.6 Å². The van der Waals surface area contributed by atoms with Gasteiger partial charge in [-0.1, -0.05) is 35.9 Å². The van der Waals surface area contributed by atoms with E-state index >= 15 is 0 Å². The number of methoxy groups -OCH3 is 1. The van der Waals surface area contributed by atoms with Crippen LogP contribution in [0.15, 0.2) is 42.5 Å². The molecule has 0 spiro atoms. The van der Waals surface area contributed by atoms with Crippen molar-refractivity contribution >= 4 is 23.2 Å². The summed E-state index contributed by atoms with van der Waals surface area (Å²) in [5.74, 6) is 0.511. The van der Waals surface area contributed by atoms with E-state index in [-0.39, 0.29) is 10.6 Å². The van der Waals surface area contributed by atoms with Gasteiger partial charge in [0.2, 0.25) is 0 Å². The minimum absolute atomic E-state index is 0.0290. The summed E-state index contributed by atoms with van der Waals surface area (Å²) in [6.45, 7) is 0. The first kappa shape index (κ1) is 16.0. The number of halogens is 5. The van der Waals surface area contributed by atoms with Crippen molar-refractivity contribution in [2.75, 3.05) is 7.11 Å². The molecule has 0 bridgehead atoms. The second kappa shape index (κ2) is 6.16. The van der Waals surface area contributed by atoms with E-state index in [4.69, 9.17) is 27.9 Å². The molecule has 0 radical (unpaired) electrons.